The van der Waals surface area contributed by atoms with E-state index < -0.39 is 0 Å². The number of aromatic nitrogens is 2. The van der Waals surface area contributed by atoms with Gasteiger partial charge in [-0.15, -0.1) is 0 Å². The Kier molecular flexibility index (Phi) is 8.10. The summed E-state index contributed by atoms with van der Waals surface area (Å²) in [5.74, 6) is 0.715. The van der Waals surface area contributed by atoms with Gasteiger partial charge in [0.05, 0.1) is 11.4 Å². The molecule has 7 aromatic carbocycles. The van der Waals surface area contributed by atoms with E-state index in [1.54, 1.807) is 0 Å². The highest BCUT2D eigenvalue weighted by Gasteiger charge is 2.43. The van der Waals surface area contributed by atoms with Gasteiger partial charge in [-0.05, 0) is 80.6 Å². The summed E-state index contributed by atoms with van der Waals surface area (Å²) in [5.41, 5.74) is 18.2. The molecule has 1 heterocycles. The largest absolute Gasteiger partial charge is 0.228 e. The Bertz CT molecular complexity index is 2540. The first-order valence-electron chi connectivity index (χ1n) is 19.3. The molecule has 258 valence electrons. The van der Waals surface area contributed by atoms with Gasteiger partial charge in [0.2, 0.25) is 0 Å². The lowest BCUT2D eigenvalue weighted by Gasteiger charge is -2.36. The van der Waals surface area contributed by atoms with Gasteiger partial charge in [-0.3, -0.25) is 0 Å². The second-order valence-corrected chi connectivity index (χ2v) is 14.8. The summed E-state index contributed by atoms with van der Waals surface area (Å²) in [4.78, 5) is 10.3. The van der Waals surface area contributed by atoms with Crippen molar-refractivity contribution < 1.29 is 0 Å². The standard InChI is InChI=1S/C52H40N2/c1-5-16-38(17-6-1)48-35-49(54-51(53-48)40-20-9-3-10-21-40)44-24-15-23-42(50(44)39-18-7-2-8-19-39)37-28-26-36(27-29-37)41-30-31-47-45(34-41)43-22-11-12-25-46(43)52(47)32-13-4-14-33-52/h1-3,5-12,15-31,34-35H,4,13-14,32-33H2. The summed E-state index contributed by atoms with van der Waals surface area (Å²) in [5, 5.41) is 0. The Labute approximate surface area is 317 Å². The number of benzene rings is 7. The van der Waals surface area contributed by atoms with E-state index in [0.29, 0.717) is 5.82 Å². The molecular weight excluding hydrogens is 653 g/mol. The minimum atomic E-state index is 0.179. The van der Waals surface area contributed by atoms with Crippen LogP contribution in [0, 0.1) is 0 Å². The van der Waals surface area contributed by atoms with Gasteiger partial charge in [-0.1, -0.05) is 189 Å². The Hall–Kier alpha value is -6.38. The lowest BCUT2D eigenvalue weighted by Crippen LogP contribution is -2.27. The number of fused-ring (bicyclic) bond motifs is 5. The highest BCUT2D eigenvalue weighted by Crippen LogP contribution is 2.56. The first kappa shape index (κ1) is 32.3. The summed E-state index contributed by atoms with van der Waals surface area (Å²) >= 11 is 0. The second kappa shape index (κ2) is 13.5. The van der Waals surface area contributed by atoms with Crippen LogP contribution < -0.4 is 0 Å². The van der Waals surface area contributed by atoms with Gasteiger partial charge in [0, 0.05) is 22.1 Å². The van der Waals surface area contributed by atoms with Crippen molar-refractivity contribution in [2.24, 2.45) is 0 Å². The van der Waals surface area contributed by atoms with Crippen LogP contribution in [0.4, 0.5) is 0 Å². The van der Waals surface area contributed by atoms with E-state index >= 15 is 0 Å². The van der Waals surface area contributed by atoms with Crippen LogP contribution in [0.3, 0.4) is 0 Å². The summed E-state index contributed by atoms with van der Waals surface area (Å²) in [6.07, 6.45) is 6.47. The topological polar surface area (TPSA) is 25.8 Å². The molecule has 54 heavy (non-hydrogen) atoms. The maximum atomic E-state index is 5.24. The molecule has 0 radical (unpaired) electrons. The minimum absolute atomic E-state index is 0.179. The number of rotatable bonds is 6. The van der Waals surface area contributed by atoms with Crippen LogP contribution in [-0.4, -0.2) is 9.97 Å². The summed E-state index contributed by atoms with van der Waals surface area (Å²) in [6.45, 7) is 0. The van der Waals surface area contributed by atoms with Crippen LogP contribution in [0.15, 0.2) is 182 Å². The fourth-order valence-electron chi connectivity index (χ4n) is 9.16. The monoisotopic (exact) mass is 692 g/mol. The normalized spacial score (nSPS) is 14.1. The first-order chi connectivity index (χ1) is 26.7. The molecule has 2 heteroatoms. The van der Waals surface area contributed by atoms with Gasteiger partial charge in [0.15, 0.2) is 5.82 Å². The van der Waals surface area contributed by atoms with E-state index in [1.807, 2.05) is 24.3 Å². The third kappa shape index (κ3) is 5.58. The van der Waals surface area contributed by atoms with E-state index in [9.17, 15) is 0 Å². The van der Waals surface area contributed by atoms with Crippen LogP contribution in [0.25, 0.3) is 78.4 Å². The van der Waals surface area contributed by atoms with Crippen molar-refractivity contribution in [3.8, 4) is 78.4 Å². The quantitative estimate of drug-likeness (QED) is 0.173. The average Bonchev–Trinajstić information content (AvgIpc) is 3.52. The lowest BCUT2D eigenvalue weighted by molar-refractivity contribution is 0.353. The van der Waals surface area contributed by atoms with Crippen LogP contribution in [0.1, 0.15) is 43.2 Å². The van der Waals surface area contributed by atoms with E-state index in [-0.39, 0.29) is 5.41 Å². The fraction of sp³-hybridized carbons (Fsp3) is 0.115. The zero-order valence-electron chi connectivity index (χ0n) is 30.3. The predicted molar refractivity (Wildman–Crippen MR) is 224 cm³/mol. The molecule has 2 aliphatic carbocycles. The molecule has 2 aliphatic rings. The third-order valence-corrected chi connectivity index (χ3v) is 11.7. The van der Waals surface area contributed by atoms with Crippen LogP contribution in [0.5, 0.6) is 0 Å². The zero-order valence-corrected chi connectivity index (χ0v) is 30.3. The highest BCUT2D eigenvalue weighted by atomic mass is 14.9. The Morgan fingerprint density at radius 2 is 0.889 bits per heavy atom. The van der Waals surface area contributed by atoms with Gasteiger partial charge in [-0.25, -0.2) is 9.97 Å². The molecule has 0 saturated heterocycles. The first-order valence-corrected chi connectivity index (χ1v) is 19.3. The summed E-state index contributed by atoms with van der Waals surface area (Å²) in [7, 11) is 0. The highest BCUT2D eigenvalue weighted by molar-refractivity contribution is 5.95. The molecule has 10 rings (SSSR count). The molecule has 0 N–H and O–H groups in total. The van der Waals surface area contributed by atoms with Crippen LogP contribution in [-0.2, 0) is 5.41 Å². The number of nitrogens with zero attached hydrogens (tertiary/aromatic N) is 2. The van der Waals surface area contributed by atoms with Crippen LogP contribution >= 0.6 is 0 Å². The SMILES string of the molecule is c1ccc(-c2cc(-c3cccc(-c4ccc(-c5ccc6c(c5)-c5ccccc5C65CCCCC5)cc4)c3-c3ccccc3)nc(-c3ccccc3)n2)cc1. The van der Waals surface area contributed by atoms with Gasteiger partial charge in [0.1, 0.15) is 0 Å². The number of hydrogen-bond acceptors (Lipinski definition) is 2. The molecule has 0 atom stereocenters. The lowest BCUT2D eigenvalue weighted by atomic mass is 9.68. The molecule has 1 spiro atoms. The van der Waals surface area contributed by atoms with Gasteiger partial charge in [0.25, 0.3) is 0 Å². The van der Waals surface area contributed by atoms with Gasteiger partial charge >= 0.3 is 0 Å². The van der Waals surface area contributed by atoms with Crippen molar-refractivity contribution in [2.45, 2.75) is 37.5 Å². The van der Waals surface area contributed by atoms with E-state index in [1.165, 1.54) is 76.6 Å². The second-order valence-electron chi connectivity index (χ2n) is 14.8. The molecule has 0 aliphatic heterocycles. The maximum absolute atomic E-state index is 5.24. The van der Waals surface area contributed by atoms with E-state index in [4.69, 9.17) is 9.97 Å². The molecule has 1 fully saturated rings. The molecule has 0 bridgehead atoms. The summed E-state index contributed by atoms with van der Waals surface area (Å²) < 4.78 is 0. The molecular formula is C52H40N2. The van der Waals surface area contributed by atoms with Crippen molar-refractivity contribution in [3.63, 3.8) is 0 Å². The Morgan fingerprint density at radius 1 is 0.333 bits per heavy atom. The molecule has 2 nitrogen and oxygen atoms in total. The number of hydrogen-bond donors (Lipinski definition) is 0. The van der Waals surface area contributed by atoms with Gasteiger partial charge < -0.3 is 0 Å². The van der Waals surface area contributed by atoms with Gasteiger partial charge in [-0.2, -0.15) is 0 Å². The van der Waals surface area contributed by atoms with Crippen molar-refractivity contribution in [3.05, 3.63) is 193 Å². The van der Waals surface area contributed by atoms with Crippen molar-refractivity contribution in [2.75, 3.05) is 0 Å². The van der Waals surface area contributed by atoms with Crippen molar-refractivity contribution in [1.82, 2.24) is 9.97 Å². The molecule has 0 unspecified atom stereocenters. The third-order valence-electron chi connectivity index (χ3n) is 11.7. The van der Waals surface area contributed by atoms with Crippen molar-refractivity contribution >= 4 is 0 Å². The smallest absolute Gasteiger partial charge is 0.160 e. The Morgan fingerprint density at radius 3 is 1.63 bits per heavy atom. The van der Waals surface area contributed by atoms with Crippen molar-refractivity contribution in [1.29, 1.82) is 0 Å². The average molecular weight is 693 g/mol. The molecule has 1 aromatic heterocycles. The minimum Gasteiger partial charge on any atom is -0.228 e. The van der Waals surface area contributed by atoms with E-state index in [0.717, 1.165) is 39.2 Å². The summed E-state index contributed by atoms with van der Waals surface area (Å²) in [6, 6.07) is 65.7. The Balaban J connectivity index is 1.08. The molecule has 8 aromatic rings. The molecule has 0 amide bonds. The van der Waals surface area contributed by atoms with E-state index in [2.05, 4.69) is 158 Å². The van der Waals surface area contributed by atoms with Crippen LogP contribution in [0.2, 0.25) is 0 Å². The zero-order chi connectivity index (χ0) is 35.9. The maximum Gasteiger partial charge on any atom is 0.160 e. The fourth-order valence-corrected chi connectivity index (χ4v) is 9.16. The predicted octanol–water partition coefficient (Wildman–Crippen LogP) is 13.7. The molecule has 1 saturated carbocycles.